The number of benzene rings is 1. The van der Waals surface area contributed by atoms with Gasteiger partial charge < -0.3 is 10.4 Å². The zero-order chi connectivity index (χ0) is 14.5. The molecule has 0 spiro atoms. The van der Waals surface area contributed by atoms with E-state index in [-0.39, 0.29) is 6.42 Å². The molecule has 6 heteroatoms. The predicted octanol–water partition coefficient (Wildman–Crippen LogP) is 3.62. The topological polar surface area (TPSA) is 73.1 Å². The van der Waals surface area contributed by atoms with Crippen molar-refractivity contribution in [2.75, 3.05) is 5.32 Å². The Kier molecular flexibility index (Phi) is 4.77. The molecule has 0 fully saturated rings. The summed E-state index contributed by atoms with van der Waals surface area (Å²) >= 11 is 4.79. The molecule has 0 bridgehead atoms. The number of thiophene rings is 1. The minimum Gasteiger partial charge on any atom is -0.481 e. The molecule has 4 nitrogen and oxygen atoms in total. The highest BCUT2D eigenvalue weighted by Gasteiger charge is 2.06. The first-order chi connectivity index (χ1) is 9.58. The number of nitrogens with one attached hydrogen (secondary N) is 1. The summed E-state index contributed by atoms with van der Waals surface area (Å²) in [6.07, 6.45) is 0.0480. The van der Waals surface area contributed by atoms with Crippen LogP contribution in [0.1, 0.15) is 15.3 Å². The van der Waals surface area contributed by atoms with Gasteiger partial charge in [-0.15, -0.1) is 11.3 Å². The van der Waals surface area contributed by atoms with Crippen molar-refractivity contribution in [3.63, 3.8) is 0 Å². The lowest BCUT2D eigenvalue weighted by molar-refractivity contribution is -0.136. The van der Waals surface area contributed by atoms with E-state index in [0.29, 0.717) is 12.1 Å². The Hall–Kier alpha value is -1.84. The van der Waals surface area contributed by atoms with Crippen molar-refractivity contribution in [1.82, 2.24) is 0 Å². The number of rotatable bonds is 5. The standard InChI is InChI=1S/C14H11BrN2O2S/c15-10-1-4-13(9(5-10)7-16)17-8-12-3-2-11(20-12)6-14(18)19/h1-5,17H,6,8H2,(H,18,19). The van der Waals surface area contributed by atoms with Gasteiger partial charge in [-0.2, -0.15) is 5.26 Å². The van der Waals surface area contributed by atoms with Crippen molar-refractivity contribution in [3.05, 3.63) is 50.1 Å². The van der Waals surface area contributed by atoms with Crippen molar-refractivity contribution in [2.24, 2.45) is 0 Å². The van der Waals surface area contributed by atoms with Gasteiger partial charge in [0.15, 0.2) is 0 Å². The van der Waals surface area contributed by atoms with Gasteiger partial charge in [-0.3, -0.25) is 4.79 Å². The van der Waals surface area contributed by atoms with Gasteiger partial charge in [-0.05, 0) is 30.3 Å². The normalized spacial score (nSPS) is 10.0. The van der Waals surface area contributed by atoms with Crippen LogP contribution in [0.3, 0.4) is 0 Å². The van der Waals surface area contributed by atoms with Gasteiger partial charge in [0, 0.05) is 20.8 Å². The van der Waals surface area contributed by atoms with Crippen LogP contribution in [0.4, 0.5) is 5.69 Å². The maximum Gasteiger partial charge on any atom is 0.308 e. The van der Waals surface area contributed by atoms with Crippen LogP contribution in [-0.2, 0) is 17.8 Å². The minimum absolute atomic E-state index is 0.0480. The molecule has 0 unspecified atom stereocenters. The molecule has 0 amide bonds. The van der Waals surface area contributed by atoms with E-state index >= 15 is 0 Å². The second-order valence-electron chi connectivity index (χ2n) is 4.09. The first-order valence-electron chi connectivity index (χ1n) is 5.81. The average molecular weight is 351 g/mol. The van der Waals surface area contributed by atoms with Gasteiger partial charge in [-0.25, -0.2) is 0 Å². The van der Waals surface area contributed by atoms with E-state index < -0.39 is 5.97 Å². The number of carbonyl (C=O) groups is 1. The predicted molar refractivity (Wildman–Crippen MR) is 81.8 cm³/mol. The lowest BCUT2D eigenvalue weighted by Gasteiger charge is -2.07. The number of halogens is 1. The van der Waals surface area contributed by atoms with Crippen LogP contribution in [0.5, 0.6) is 0 Å². The van der Waals surface area contributed by atoms with Crippen LogP contribution in [0.25, 0.3) is 0 Å². The summed E-state index contributed by atoms with van der Waals surface area (Å²) in [5.41, 5.74) is 1.34. The van der Waals surface area contributed by atoms with Crippen LogP contribution >= 0.6 is 27.3 Å². The third-order valence-electron chi connectivity index (χ3n) is 2.60. The summed E-state index contributed by atoms with van der Waals surface area (Å²) < 4.78 is 0.861. The van der Waals surface area contributed by atoms with Crippen LogP contribution in [0, 0.1) is 11.3 Å². The number of hydrogen-bond acceptors (Lipinski definition) is 4. The number of hydrogen-bond donors (Lipinski definition) is 2. The quantitative estimate of drug-likeness (QED) is 0.863. The van der Waals surface area contributed by atoms with Crippen LogP contribution in [0.15, 0.2) is 34.8 Å². The maximum absolute atomic E-state index is 10.6. The molecule has 102 valence electrons. The molecule has 0 aliphatic heterocycles. The summed E-state index contributed by atoms with van der Waals surface area (Å²) in [4.78, 5) is 12.5. The molecule has 0 radical (unpaired) electrons. The molecule has 0 saturated heterocycles. The Bertz CT molecular complexity index is 676. The molecule has 1 aromatic carbocycles. The molecule has 2 aromatic rings. The summed E-state index contributed by atoms with van der Waals surface area (Å²) in [5, 5.41) is 21.0. The van der Waals surface area contributed by atoms with Crippen LogP contribution in [0.2, 0.25) is 0 Å². The molecule has 1 heterocycles. The molecule has 0 aliphatic carbocycles. The number of aliphatic carboxylic acids is 1. The second kappa shape index (κ2) is 6.55. The van der Waals surface area contributed by atoms with Gasteiger partial charge in [0.25, 0.3) is 0 Å². The lowest BCUT2D eigenvalue weighted by Crippen LogP contribution is -1.99. The van der Waals surface area contributed by atoms with E-state index in [0.717, 1.165) is 19.9 Å². The van der Waals surface area contributed by atoms with E-state index in [4.69, 9.17) is 10.4 Å². The first kappa shape index (κ1) is 14.6. The molecule has 0 atom stereocenters. The largest absolute Gasteiger partial charge is 0.481 e. The van der Waals surface area contributed by atoms with Gasteiger partial charge in [-0.1, -0.05) is 15.9 Å². The van der Waals surface area contributed by atoms with E-state index in [9.17, 15) is 4.79 Å². The summed E-state index contributed by atoms with van der Waals surface area (Å²) in [6.45, 7) is 0.570. The first-order valence-corrected chi connectivity index (χ1v) is 7.42. The molecule has 20 heavy (non-hydrogen) atoms. The highest BCUT2D eigenvalue weighted by Crippen LogP contribution is 2.23. The van der Waals surface area contributed by atoms with Crippen molar-refractivity contribution in [2.45, 2.75) is 13.0 Å². The lowest BCUT2D eigenvalue weighted by atomic mass is 10.2. The fourth-order valence-electron chi connectivity index (χ4n) is 1.71. The van der Waals surface area contributed by atoms with Crippen molar-refractivity contribution >= 4 is 38.9 Å². The smallest absolute Gasteiger partial charge is 0.308 e. The Morgan fingerprint density at radius 2 is 2.10 bits per heavy atom. The van der Waals surface area contributed by atoms with E-state index in [2.05, 4.69) is 27.3 Å². The molecule has 2 rings (SSSR count). The maximum atomic E-state index is 10.6. The van der Waals surface area contributed by atoms with Crippen LogP contribution < -0.4 is 5.32 Å². The van der Waals surface area contributed by atoms with Crippen LogP contribution in [-0.4, -0.2) is 11.1 Å². The Balaban J connectivity index is 2.04. The third kappa shape index (κ3) is 3.83. The highest BCUT2D eigenvalue weighted by molar-refractivity contribution is 9.10. The van der Waals surface area contributed by atoms with Crippen molar-refractivity contribution in [1.29, 1.82) is 5.26 Å². The molecule has 2 N–H and O–H groups in total. The number of carboxylic acid groups (broad SMARTS) is 1. The number of carboxylic acids is 1. The third-order valence-corrected chi connectivity index (χ3v) is 4.18. The fourth-order valence-corrected chi connectivity index (χ4v) is 3.02. The van der Waals surface area contributed by atoms with Gasteiger partial charge in [0.05, 0.1) is 17.7 Å². The minimum atomic E-state index is -0.828. The summed E-state index contributed by atoms with van der Waals surface area (Å²) in [6, 6.07) is 11.3. The van der Waals surface area contributed by atoms with E-state index in [1.165, 1.54) is 11.3 Å². The van der Waals surface area contributed by atoms with E-state index in [1.54, 1.807) is 6.07 Å². The summed E-state index contributed by atoms with van der Waals surface area (Å²) in [7, 11) is 0. The molecular formula is C14H11BrN2O2S. The molecule has 0 saturated carbocycles. The highest BCUT2D eigenvalue weighted by atomic mass is 79.9. The van der Waals surface area contributed by atoms with Crippen molar-refractivity contribution in [3.8, 4) is 6.07 Å². The SMILES string of the molecule is N#Cc1cc(Br)ccc1NCc1ccc(CC(=O)O)s1. The zero-order valence-corrected chi connectivity index (χ0v) is 12.8. The van der Waals surface area contributed by atoms with Gasteiger partial charge >= 0.3 is 5.97 Å². The number of nitrogens with zero attached hydrogens (tertiary/aromatic N) is 1. The second-order valence-corrected chi connectivity index (χ2v) is 6.26. The number of anilines is 1. The monoisotopic (exact) mass is 350 g/mol. The number of nitriles is 1. The Morgan fingerprint density at radius 1 is 1.35 bits per heavy atom. The molecular weight excluding hydrogens is 340 g/mol. The molecule has 0 aliphatic rings. The van der Waals surface area contributed by atoms with Gasteiger partial charge in [0.2, 0.25) is 0 Å². The Morgan fingerprint density at radius 3 is 2.80 bits per heavy atom. The molecule has 1 aromatic heterocycles. The summed E-state index contributed by atoms with van der Waals surface area (Å²) in [5.74, 6) is -0.828. The van der Waals surface area contributed by atoms with E-state index in [1.807, 2.05) is 24.3 Å². The fraction of sp³-hybridized carbons (Fsp3) is 0.143. The van der Waals surface area contributed by atoms with Crippen molar-refractivity contribution < 1.29 is 9.90 Å². The Labute approximate surface area is 128 Å². The van der Waals surface area contributed by atoms with Gasteiger partial charge in [0.1, 0.15) is 6.07 Å². The zero-order valence-electron chi connectivity index (χ0n) is 10.4. The average Bonchev–Trinajstić information content (AvgIpc) is 2.84.